The molecule has 0 saturated carbocycles. The number of benzene rings is 1. The Bertz CT molecular complexity index is 524. The molecule has 12 heavy (non-hydrogen) atoms. The van der Waals surface area contributed by atoms with Crippen LogP contribution in [0.15, 0.2) is 30.2 Å². The van der Waals surface area contributed by atoms with Crippen LogP contribution >= 0.6 is 0 Å². The first-order valence-corrected chi connectivity index (χ1v) is 5.00. The summed E-state index contributed by atoms with van der Waals surface area (Å²) in [6.07, 6.45) is 0. The average molecular weight is 229 g/mol. The molecule has 0 spiro atoms. The second-order valence-electron chi connectivity index (χ2n) is 2.27. The van der Waals surface area contributed by atoms with Crippen LogP contribution in [0.4, 0.5) is 0 Å². The minimum absolute atomic E-state index is 0.0806. The molecular formula is C8H7BO2Se. The molecule has 0 aliphatic heterocycles. The molecule has 0 radical (unpaired) electrons. The summed E-state index contributed by atoms with van der Waals surface area (Å²) in [5.74, 6) is 0. The number of hydrogen-bond acceptors (Lipinski definition) is 2. The van der Waals surface area contributed by atoms with Crippen molar-refractivity contribution in [3.05, 3.63) is 30.2 Å². The van der Waals surface area contributed by atoms with E-state index >= 15 is 0 Å². The van der Waals surface area contributed by atoms with Crippen molar-refractivity contribution in [2.75, 3.05) is 0 Å². The normalized spacial score (nSPS) is 15.2. The Morgan fingerprint density at radius 2 is 2.08 bits per heavy atom. The first kappa shape index (κ1) is 4.63. The Morgan fingerprint density at radius 1 is 1.33 bits per heavy atom. The van der Waals surface area contributed by atoms with E-state index in [-0.39, 0.29) is 24.2 Å². The zero-order valence-corrected chi connectivity index (χ0v) is 7.67. The Kier molecular flexibility index (Phi) is 1.19. The maximum absolute atomic E-state index is 9.03. The number of rotatable bonds is 1. The van der Waals surface area contributed by atoms with Crippen LogP contribution in [0.5, 0.6) is 0 Å². The molecular weight excluding hydrogens is 218 g/mol. The van der Waals surface area contributed by atoms with Crippen LogP contribution in [0.3, 0.4) is 0 Å². The van der Waals surface area contributed by atoms with Crippen molar-refractivity contribution in [3.63, 3.8) is 0 Å². The molecule has 0 bridgehead atoms. The summed E-state index contributed by atoms with van der Waals surface area (Å²) < 4.78 is 31.2. The summed E-state index contributed by atoms with van der Waals surface area (Å²) in [6, 6.07) is 0.686. The van der Waals surface area contributed by atoms with Crippen molar-refractivity contribution in [1.29, 1.82) is 0 Å². The molecule has 2 nitrogen and oxygen atoms in total. The van der Waals surface area contributed by atoms with Crippen molar-refractivity contribution in [1.82, 2.24) is 0 Å². The van der Waals surface area contributed by atoms with Crippen LogP contribution < -0.4 is 4.34 Å². The molecule has 2 rings (SSSR count). The molecule has 60 valence electrons. The molecule has 0 unspecified atom stereocenters. The summed E-state index contributed by atoms with van der Waals surface area (Å²) in [5.41, 5.74) is 0. The third-order valence-electron chi connectivity index (χ3n) is 1.44. The van der Waals surface area contributed by atoms with Crippen LogP contribution in [-0.2, 0) is 0 Å². The van der Waals surface area contributed by atoms with Gasteiger partial charge in [-0.25, -0.2) is 0 Å². The van der Waals surface area contributed by atoms with E-state index in [1.165, 1.54) is 6.07 Å². The minimum atomic E-state index is -1.59. The van der Waals surface area contributed by atoms with E-state index in [2.05, 4.69) is 0 Å². The SMILES string of the molecule is [2H]c1c([2H])c([2H])c2[se]c(B(O)O)cc2c1[2H]. The van der Waals surface area contributed by atoms with Gasteiger partial charge in [-0.15, -0.1) is 0 Å². The topological polar surface area (TPSA) is 40.5 Å². The molecule has 1 aromatic carbocycles. The van der Waals surface area contributed by atoms with Crippen molar-refractivity contribution in [2.24, 2.45) is 0 Å². The summed E-state index contributed by atoms with van der Waals surface area (Å²) >= 11 is -0.445. The van der Waals surface area contributed by atoms with Gasteiger partial charge in [0.25, 0.3) is 0 Å². The number of fused-ring (bicyclic) bond motifs is 1. The van der Waals surface area contributed by atoms with Gasteiger partial charge in [0, 0.05) is 0 Å². The van der Waals surface area contributed by atoms with E-state index in [0.717, 1.165) is 0 Å². The standard InChI is InChI=1S/C8H7BO2Se/c10-9(11)8-5-6-3-1-2-4-7(6)12-8/h1-5,10-11H/i1D,2D,3D,4D. The van der Waals surface area contributed by atoms with Gasteiger partial charge in [-0.3, -0.25) is 0 Å². The molecule has 4 heteroatoms. The molecule has 1 aromatic heterocycles. The summed E-state index contributed by atoms with van der Waals surface area (Å²) in [7, 11) is -1.59. The molecule has 1 heterocycles. The maximum atomic E-state index is 9.03. The monoisotopic (exact) mass is 230 g/mol. The van der Waals surface area contributed by atoms with E-state index in [1.807, 2.05) is 0 Å². The molecule has 0 aliphatic rings. The van der Waals surface area contributed by atoms with E-state index in [9.17, 15) is 0 Å². The molecule has 0 atom stereocenters. The summed E-state index contributed by atoms with van der Waals surface area (Å²) in [6.45, 7) is 0. The number of hydrogen-bond donors (Lipinski definition) is 2. The first-order chi connectivity index (χ1) is 7.43. The van der Waals surface area contributed by atoms with E-state index in [4.69, 9.17) is 15.5 Å². The van der Waals surface area contributed by atoms with Crippen LogP contribution in [0.2, 0.25) is 0 Å². The van der Waals surface area contributed by atoms with E-state index < -0.39 is 21.6 Å². The van der Waals surface area contributed by atoms with Crippen molar-refractivity contribution in [2.45, 2.75) is 0 Å². The Balaban J connectivity index is 2.86. The van der Waals surface area contributed by atoms with Crippen LogP contribution in [0, 0.1) is 0 Å². The van der Waals surface area contributed by atoms with Gasteiger partial charge in [-0.2, -0.15) is 0 Å². The Labute approximate surface area is 82.0 Å². The molecule has 0 aliphatic carbocycles. The van der Waals surface area contributed by atoms with Gasteiger partial charge in [0.15, 0.2) is 0 Å². The van der Waals surface area contributed by atoms with Crippen LogP contribution in [-0.4, -0.2) is 31.7 Å². The second-order valence-corrected chi connectivity index (χ2v) is 4.54. The molecule has 0 amide bonds. The van der Waals surface area contributed by atoms with Gasteiger partial charge in [0.05, 0.1) is 0 Å². The van der Waals surface area contributed by atoms with E-state index in [0.29, 0.717) is 14.0 Å². The Hall–Kier alpha value is -0.536. The molecule has 0 fully saturated rings. The van der Waals surface area contributed by atoms with Crippen LogP contribution in [0.25, 0.3) is 9.65 Å². The predicted molar refractivity (Wildman–Crippen MR) is 50.7 cm³/mol. The molecule has 2 aromatic rings. The van der Waals surface area contributed by atoms with Gasteiger partial charge in [-0.1, -0.05) is 0 Å². The molecule has 2 N–H and O–H groups in total. The van der Waals surface area contributed by atoms with Crippen molar-refractivity contribution < 1.29 is 15.5 Å². The van der Waals surface area contributed by atoms with Crippen LogP contribution in [0.1, 0.15) is 5.48 Å². The third-order valence-corrected chi connectivity index (χ3v) is 3.73. The van der Waals surface area contributed by atoms with Gasteiger partial charge in [0.1, 0.15) is 0 Å². The Morgan fingerprint density at radius 3 is 2.83 bits per heavy atom. The van der Waals surface area contributed by atoms with E-state index in [1.54, 1.807) is 0 Å². The van der Waals surface area contributed by atoms with Crippen molar-refractivity contribution >= 4 is 35.6 Å². The fourth-order valence-electron chi connectivity index (χ4n) is 0.910. The summed E-state index contributed by atoms with van der Waals surface area (Å²) in [4.78, 5) is 0. The average Bonchev–Trinajstić information content (AvgIpc) is 2.68. The summed E-state index contributed by atoms with van der Waals surface area (Å²) in [5, 5.41) is 18.4. The fourth-order valence-corrected chi connectivity index (χ4v) is 2.67. The third kappa shape index (κ3) is 1.34. The predicted octanol–water partition coefficient (Wildman–Crippen LogP) is -0.423. The zero-order chi connectivity index (χ0) is 12.0. The van der Waals surface area contributed by atoms with Gasteiger partial charge < -0.3 is 0 Å². The zero-order valence-electron chi connectivity index (χ0n) is 9.96. The van der Waals surface area contributed by atoms with Gasteiger partial charge in [0.2, 0.25) is 0 Å². The molecule has 0 saturated heterocycles. The second kappa shape index (κ2) is 3.07. The fraction of sp³-hybridized carbons (Fsp3) is 0. The quantitative estimate of drug-likeness (QED) is 0.651. The van der Waals surface area contributed by atoms with Crippen molar-refractivity contribution in [3.8, 4) is 0 Å². The first-order valence-electron chi connectivity index (χ1n) is 5.29. The van der Waals surface area contributed by atoms with Gasteiger partial charge in [-0.05, 0) is 0 Å². The van der Waals surface area contributed by atoms with Gasteiger partial charge >= 0.3 is 81.4 Å².